The predicted molar refractivity (Wildman–Crippen MR) is 65.6 cm³/mol. The van der Waals surface area contributed by atoms with Gasteiger partial charge in [0.25, 0.3) is 0 Å². The van der Waals surface area contributed by atoms with Crippen molar-refractivity contribution in [3.05, 3.63) is 28.7 Å². The summed E-state index contributed by atoms with van der Waals surface area (Å²) in [4.78, 5) is 19.0. The van der Waals surface area contributed by atoms with E-state index in [0.717, 1.165) is 25.9 Å². The summed E-state index contributed by atoms with van der Waals surface area (Å²) in [6.07, 6.45) is 5.37. The zero-order valence-corrected chi connectivity index (χ0v) is 10.3. The molecule has 1 aliphatic rings. The fourth-order valence-electron chi connectivity index (χ4n) is 2.04. The number of carbonyl (C=O) groups excluding carboxylic acids is 1. The Balaban J connectivity index is 1.95. The van der Waals surface area contributed by atoms with E-state index >= 15 is 0 Å². The van der Waals surface area contributed by atoms with Crippen molar-refractivity contribution < 1.29 is 4.79 Å². The van der Waals surface area contributed by atoms with Crippen molar-refractivity contribution in [3.8, 4) is 0 Å². The van der Waals surface area contributed by atoms with Crippen molar-refractivity contribution >= 4 is 17.2 Å². The molecule has 1 fully saturated rings. The molecular formula is C12H16N2OS. The van der Waals surface area contributed by atoms with Gasteiger partial charge in [-0.1, -0.05) is 6.58 Å². The van der Waals surface area contributed by atoms with E-state index in [1.807, 2.05) is 11.1 Å². The lowest BCUT2D eigenvalue weighted by Gasteiger charge is -2.30. The van der Waals surface area contributed by atoms with Crippen LogP contribution in [0.2, 0.25) is 0 Å². The van der Waals surface area contributed by atoms with Crippen molar-refractivity contribution in [3.63, 3.8) is 0 Å². The third-order valence-corrected chi connectivity index (χ3v) is 4.04. The van der Waals surface area contributed by atoms with E-state index < -0.39 is 0 Å². The molecule has 86 valence electrons. The molecule has 0 aromatic carbocycles. The number of carbonyl (C=O) groups is 1. The summed E-state index contributed by atoms with van der Waals surface area (Å²) >= 11 is 1.77. The Labute approximate surface area is 99.8 Å². The number of piperidine rings is 1. The fraction of sp³-hybridized carbons (Fsp3) is 0.500. The number of hydrogen-bond acceptors (Lipinski definition) is 3. The number of nitrogens with zero attached hydrogens (tertiary/aromatic N) is 2. The highest BCUT2D eigenvalue weighted by Crippen LogP contribution is 2.30. The molecule has 1 amide bonds. The van der Waals surface area contributed by atoms with E-state index in [2.05, 4.69) is 18.5 Å². The van der Waals surface area contributed by atoms with Gasteiger partial charge in [0.15, 0.2) is 0 Å². The second-order valence-corrected chi connectivity index (χ2v) is 5.38. The summed E-state index contributed by atoms with van der Waals surface area (Å²) in [5.74, 6) is 0.585. The highest BCUT2D eigenvalue weighted by Gasteiger charge is 2.24. The molecule has 1 saturated heterocycles. The first kappa shape index (κ1) is 11.3. The van der Waals surface area contributed by atoms with Gasteiger partial charge in [-0.25, -0.2) is 4.98 Å². The molecule has 0 saturated carbocycles. The molecule has 0 aliphatic carbocycles. The molecule has 0 N–H and O–H groups in total. The van der Waals surface area contributed by atoms with Crippen molar-refractivity contribution in [1.82, 2.24) is 9.88 Å². The van der Waals surface area contributed by atoms with Crippen LogP contribution in [-0.2, 0) is 4.79 Å². The maximum atomic E-state index is 11.4. The normalized spacial score (nSPS) is 17.4. The van der Waals surface area contributed by atoms with Gasteiger partial charge in [-0.3, -0.25) is 4.79 Å². The van der Waals surface area contributed by atoms with Crippen LogP contribution in [0.3, 0.4) is 0 Å². The van der Waals surface area contributed by atoms with Crippen LogP contribution >= 0.6 is 11.3 Å². The third-order valence-electron chi connectivity index (χ3n) is 2.97. The van der Waals surface area contributed by atoms with E-state index in [-0.39, 0.29) is 5.91 Å². The average Bonchev–Trinajstić information content (AvgIpc) is 2.75. The van der Waals surface area contributed by atoms with Gasteiger partial charge in [-0.05, 0) is 25.8 Å². The molecule has 4 heteroatoms. The molecular weight excluding hydrogens is 220 g/mol. The van der Waals surface area contributed by atoms with E-state index in [4.69, 9.17) is 0 Å². The summed E-state index contributed by atoms with van der Waals surface area (Å²) < 4.78 is 0. The zero-order valence-electron chi connectivity index (χ0n) is 9.48. The van der Waals surface area contributed by atoms with Gasteiger partial charge in [0.1, 0.15) is 0 Å². The van der Waals surface area contributed by atoms with Crippen LogP contribution in [0.25, 0.3) is 0 Å². The Morgan fingerprint density at radius 2 is 2.31 bits per heavy atom. The monoisotopic (exact) mass is 236 g/mol. The maximum Gasteiger partial charge on any atom is 0.245 e. The van der Waals surface area contributed by atoms with Crippen LogP contribution in [0.15, 0.2) is 18.9 Å². The smallest absolute Gasteiger partial charge is 0.245 e. The average molecular weight is 236 g/mol. The molecule has 0 atom stereocenters. The Hall–Kier alpha value is -1.16. The van der Waals surface area contributed by atoms with Crippen LogP contribution < -0.4 is 0 Å². The highest BCUT2D eigenvalue weighted by atomic mass is 32.1. The Morgan fingerprint density at radius 3 is 2.81 bits per heavy atom. The summed E-state index contributed by atoms with van der Waals surface area (Å²) in [5.41, 5.74) is 0. The molecule has 0 unspecified atom stereocenters. The van der Waals surface area contributed by atoms with E-state index in [9.17, 15) is 4.79 Å². The molecule has 1 aromatic rings. The first-order chi connectivity index (χ1) is 7.70. The largest absolute Gasteiger partial charge is 0.339 e. The maximum absolute atomic E-state index is 11.4. The third kappa shape index (κ3) is 2.32. The molecule has 0 spiro atoms. The molecule has 0 bridgehead atoms. The van der Waals surface area contributed by atoms with Crippen LogP contribution in [0.1, 0.15) is 28.6 Å². The summed E-state index contributed by atoms with van der Waals surface area (Å²) in [7, 11) is 0. The Bertz CT molecular complexity index is 391. The standard InChI is InChI=1S/C12H16N2OS/c1-3-11(15)14-6-4-10(5-7-14)12-13-8-9(2)16-12/h3,8,10H,1,4-7H2,2H3. The van der Waals surface area contributed by atoms with Gasteiger partial charge in [0.05, 0.1) is 5.01 Å². The second-order valence-electron chi connectivity index (χ2n) is 4.11. The number of likely N-dealkylation sites (tertiary alicyclic amines) is 1. The lowest BCUT2D eigenvalue weighted by molar-refractivity contribution is -0.127. The lowest BCUT2D eigenvalue weighted by atomic mass is 9.97. The Kier molecular flexibility index (Phi) is 3.39. The number of amides is 1. The van der Waals surface area contributed by atoms with Crippen LogP contribution in [-0.4, -0.2) is 28.9 Å². The van der Waals surface area contributed by atoms with E-state index in [1.54, 1.807) is 11.3 Å². The molecule has 3 nitrogen and oxygen atoms in total. The number of thiazole rings is 1. The fourth-order valence-corrected chi connectivity index (χ4v) is 2.98. The Morgan fingerprint density at radius 1 is 1.62 bits per heavy atom. The van der Waals surface area contributed by atoms with Crippen LogP contribution in [0, 0.1) is 6.92 Å². The van der Waals surface area contributed by atoms with Crippen molar-refractivity contribution in [2.75, 3.05) is 13.1 Å². The van der Waals surface area contributed by atoms with E-state index in [1.165, 1.54) is 16.0 Å². The van der Waals surface area contributed by atoms with Crippen LogP contribution in [0.4, 0.5) is 0 Å². The molecule has 2 heterocycles. The zero-order chi connectivity index (χ0) is 11.5. The van der Waals surface area contributed by atoms with Crippen LogP contribution in [0.5, 0.6) is 0 Å². The number of hydrogen-bond donors (Lipinski definition) is 0. The summed E-state index contributed by atoms with van der Waals surface area (Å²) in [6, 6.07) is 0. The quantitative estimate of drug-likeness (QED) is 0.738. The summed E-state index contributed by atoms with van der Waals surface area (Å²) in [6.45, 7) is 7.25. The van der Waals surface area contributed by atoms with E-state index in [0.29, 0.717) is 5.92 Å². The molecule has 0 radical (unpaired) electrons. The number of aryl methyl sites for hydroxylation is 1. The van der Waals surface area contributed by atoms with Crippen molar-refractivity contribution in [2.24, 2.45) is 0 Å². The minimum atomic E-state index is 0.0498. The number of rotatable bonds is 2. The van der Waals surface area contributed by atoms with Gasteiger partial charge in [0, 0.05) is 30.1 Å². The lowest BCUT2D eigenvalue weighted by Crippen LogP contribution is -2.36. The van der Waals surface area contributed by atoms with Gasteiger partial charge in [-0.15, -0.1) is 11.3 Å². The first-order valence-electron chi connectivity index (χ1n) is 5.54. The molecule has 16 heavy (non-hydrogen) atoms. The van der Waals surface area contributed by atoms with Crippen molar-refractivity contribution in [1.29, 1.82) is 0 Å². The highest BCUT2D eigenvalue weighted by molar-refractivity contribution is 7.11. The van der Waals surface area contributed by atoms with Gasteiger partial charge >= 0.3 is 0 Å². The summed E-state index contributed by atoms with van der Waals surface area (Å²) in [5, 5.41) is 1.23. The number of aromatic nitrogens is 1. The van der Waals surface area contributed by atoms with Gasteiger partial charge in [0.2, 0.25) is 5.91 Å². The molecule has 2 rings (SSSR count). The van der Waals surface area contributed by atoms with Crippen molar-refractivity contribution in [2.45, 2.75) is 25.7 Å². The molecule has 1 aliphatic heterocycles. The van der Waals surface area contributed by atoms with Gasteiger partial charge < -0.3 is 4.90 Å². The minimum absolute atomic E-state index is 0.0498. The topological polar surface area (TPSA) is 33.2 Å². The minimum Gasteiger partial charge on any atom is -0.339 e. The first-order valence-corrected chi connectivity index (χ1v) is 6.36. The molecule has 1 aromatic heterocycles. The van der Waals surface area contributed by atoms with Gasteiger partial charge in [-0.2, -0.15) is 0 Å². The SMILES string of the molecule is C=CC(=O)N1CCC(c2ncc(C)s2)CC1. The second kappa shape index (κ2) is 4.78. The predicted octanol–water partition coefficient (Wildman–Crippen LogP) is 2.34.